The summed E-state index contributed by atoms with van der Waals surface area (Å²) in [5, 5.41) is 2.61. The van der Waals surface area contributed by atoms with Crippen LogP contribution in [0.2, 0.25) is 0 Å². The molecule has 1 fully saturated rings. The van der Waals surface area contributed by atoms with E-state index < -0.39 is 17.8 Å². The lowest BCUT2D eigenvalue weighted by molar-refractivity contribution is -0.141. The highest BCUT2D eigenvalue weighted by Gasteiger charge is 2.33. The van der Waals surface area contributed by atoms with Gasteiger partial charge in [-0.1, -0.05) is 13.0 Å². The van der Waals surface area contributed by atoms with Crippen LogP contribution in [0.25, 0.3) is 5.65 Å². The number of hydrogen-bond donors (Lipinski definition) is 1. The molecule has 1 N–H and O–H groups in total. The maximum absolute atomic E-state index is 12.9. The predicted molar refractivity (Wildman–Crippen MR) is 111 cm³/mol. The SMILES string of the molecule is CCOc1cc2nc([C@H](C)[C@@H]3CCOC3)cn2cc1NC(=O)c1cccc(C(F)(F)F)n1. The van der Waals surface area contributed by atoms with Crippen molar-refractivity contribution in [3.8, 4) is 5.75 Å². The summed E-state index contributed by atoms with van der Waals surface area (Å²) in [4.78, 5) is 20.8. The number of hydrogen-bond acceptors (Lipinski definition) is 5. The van der Waals surface area contributed by atoms with Gasteiger partial charge in [0.05, 0.1) is 18.9 Å². The molecule has 1 aliphatic rings. The Hall–Kier alpha value is -3.14. The van der Waals surface area contributed by atoms with E-state index in [0.717, 1.165) is 30.9 Å². The average Bonchev–Trinajstić information content (AvgIpc) is 3.43. The molecule has 7 nitrogen and oxygen atoms in total. The standard InChI is InChI=1S/C22H23F3N4O3/c1-3-32-18-9-20-27-16(13(2)14-7-8-31-12-14)10-29(20)11-17(18)28-21(30)15-5-4-6-19(26-15)22(23,24)25/h4-6,9-11,13-14H,3,7-8,12H2,1-2H3,(H,28,30)/t13-,14-/m1/s1. The number of aromatic nitrogens is 3. The smallest absolute Gasteiger partial charge is 0.433 e. The van der Waals surface area contributed by atoms with Crippen molar-refractivity contribution in [3.63, 3.8) is 0 Å². The van der Waals surface area contributed by atoms with Gasteiger partial charge in [0.1, 0.15) is 28.5 Å². The van der Waals surface area contributed by atoms with Crippen molar-refractivity contribution in [2.75, 3.05) is 25.1 Å². The number of pyridine rings is 2. The van der Waals surface area contributed by atoms with Crippen molar-refractivity contribution in [1.29, 1.82) is 0 Å². The molecule has 32 heavy (non-hydrogen) atoms. The molecule has 0 bridgehead atoms. The van der Waals surface area contributed by atoms with Gasteiger partial charge in [-0.2, -0.15) is 13.2 Å². The van der Waals surface area contributed by atoms with E-state index in [4.69, 9.17) is 14.5 Å². The van der Waals surface area contributed by atoms with Gasteiger partial charge >= 0.3 is 6.18 Å². The van der Waals surface area contributed by atoms with Crippen molar-refractivity contribution < 1.29 is 27.4 Å². The van der Waals surface area contributed by atoms with Gasteiger partial charge in [0.25, 0.3) is 5.91 Å². The minimum Gasteiger partial charge on any atom is -0.491 e. The van der Waals surface area contributed by atoms with Crippen LogP contribution in [-0.4, -0.2) is 40.1 Å². The van der Waals surface area contributed by atoms with Crippen molar-refractivity contribution in [3.05, 3.63) is 53.7 Å². The van der Waals surface area contributed by atoms with Crippen molar-refractivity contribution in [1.82, 2.24) is 14.4 Å². The third-order valence-corrected chi connectivity index (χ3v) is 5.53. The quantitative estimate of drug-likeness (QED) is 0.599. The summed E-state index contributed by atoms with van der Waals surface area (Å²) >= 11 is 0. The lowest BCUT2D eigenvalue weighted by Crippen LogP contribution is -2.17. The van der Waals surface area contributed by atoms with Crippen molar-refractivity contribution >= 4 is 17.2 Å². The summed E-state index contributed by atoms with van der Waals surface area (Å²) in [6, 6.07) is 4.88. The lowest BCUT2D eigenvalue weighted by Gasteiger charge is -2.14. The number of amides is 1. The van der Waals surface area contributed by atoms with Gasteiger partial charge in [0.2, 0.25) is 0 Å². The molecule has 4 rings (SSSR count). The summed E-state index contributed by atoms with van der Waals surface area (Å²) in [5.74, 6) is 0.181. The highest BCUT2D eigenvalue weighted by Crippen LogP contribution is 2.33. The van der Waals surface area contributed by atoms with E-state index in [1.165, 1.54) is 6.07 Å². The van der Waals surface area contributed by atoms with Crippen LogP contribution in [0.15, 0.2) is 36.7 Å². The van der Waals surface area contributed by atoms with Gasteiger partial charge in [0, 0.05) is 31.0 Å². The molecule has 0 aliphatic carbocycles. The van der Waals surface area contributed by atoms with E-state index in [1.54, 1.807) is 23.6 Å². The Morgan fingerprint density at radius 3 is 2.84 bits per heavy atom. The molecule has 170 valence electrons. The van der Waals surface area contributed by atoms with Crippen molar-refractivity contribution in [2.24, 2.45) is 5.92 Å². The van der Waals surface area contributed by atoms with E-state index in [-0.39, 0.29) is 11.6 Å². The maximum atomic E-state index is 12.9. The molecule has 2 atom stereocenters. The van der Waals surface area contributed by atoms with Crippen LogP contribution in [0, 0.1) is 5.92 Å². The molecule has 10 heteroatoms. The first kappa shape index (κ1) is 22.1. The normalized spacial score (nSPS) is 17.5. The Morgan fingerprint density at radius 2 is 2.16 bits per heavy atom. The molecule has 0 unspecified atom stereocenters. The predicted octanol–water partition coefficient (Wildman–Crippen LogP) is 4.54. The fourth-order valence-corrected chi connectivity index (χ4v) is 3.72. The zero-order valence-corrected chi connectivity index (χ0v) is 17.6. The van der Waals surface area contributed by atoms with Crippen LogP contribution >= 0.6 is 0 Å². The zero-order chi connectivity index (χ0) is 22.9. The van der Waals surface area contributed by atoms with E-state index >= 15 is 0 Å². The Balaban J connectivity index is 1.63. The van der Waals surface area contributed by atoms with Gasteiger partial charge in [-0.25, -0.2) is 9.97 Å². The highest BCUT2D eigenvalue weighted by molar-refractivity contribution is 6.03. The number of carbonyl (C=O) groups excluding carboxylic acids is 1. The molecule has 0 saturated carbocycles. The number of rotatable bonds is 6. The van der Waals surface area contributed by atoms with E-state index in [9.17, 15) is 18.0 Å². The van der Waals surface area contributed by atoms with E-state index in [2.05, 4.69) is 17.2 Å². The summed E-state index contributed by atoms with van der Waals surface area (Å²) in [5.41, 5.74) is 0.373. The van der Waals surface area contributed by atoms with E-state index in [0.29, 0.717) is 36.2 Å². The summed E-state index contributed by atoms with van der Waals surface area (Å²) < 4.78 is 51.7. The molecule has 1 amide bonds. The number of nitrogens with one attached hydrogen (secondary N) is 1. The first-order valence-corrected chi connectivity index (χ1v) is 10.3. The molecule has 0 spiro atoms. The van der Waals surface area contributed by atoms with Crippen LogP contribution in [0.3, 0.4) is 0 Å². The molecule has 4 heterocycles. The Morgan fingerprint density at radius 1 is 1.34 bits per heavy atom. The third kappa shape index (κ3) is 4.55. The molecule has 3 aromatic rings. The largest absolute Gasteiger partial charge is 0.491 e. The van der Waals surface area contributed by atoms with E-state index in [1.807, 2.05) is 6.20 Å². The number of ether oxygens (including phenoxy) is 2. The number of fused-ring (bicyclic) bond motifs is 1. The fraction of sp³-hybridized carbons (Fsp3) is 0.409. The lowest BCUT2D eigenvalue weighted by atomic mass is 9.91. The van der Waals surface area contributed by atoms with Crippen LogP contribution in [-0.2, 0) is 10.9 Å². The van der Waals surface area contributed by atoms with Crippen LogP contribution in [0.4, 0.5) is 18.9 Å². The van der Waals surface area contributed by atoms with Gasteiger partial charge in [0.15, 0.2) is 0 Å². The number of imidazole rings is 1. The molecule has 1 saturated heterocycles. The average molecular weight is 448 g/mol. The maximum Gasteiger partial charge on any atom is 0.433 e. The monoisotopic (exact) mass is 448 g/mol. The second-order valence-electron chi connectivity index (χ2n) is 7.69. The summed E-state index contributed by atoms with van der Waals surface area (Å²) in [7, 11) is 0. The van der Waals surface area contributed by atoms with Gasteiger partial charge in [-0.15, -0.1) is 0 Å². The van der Waals surface area contributed by atoms with Crippen LogP contribution < -0.4 is 10.1 Å². The topological polar surface area (TPSA) is 77.8 Å². The number of anilines is 1. The third-order valence-electron chi connectivity index (χ3n) is 5.53. The molecule has 1 aliphatic heterocycles. The van der Waals surface area contributed by atoms with Gasteiger partial charge in [-0.05, 0) is 31.4 Å². The molecule has 0 radical (unpaired) electrons. The molecule has 3 aromatic heterocycles. The second-order valence-corrected chi connectivity index (χ2v) is 7.69. The number of halogens is 3. The first-order valence-electron chi connectivity index (χ1n) is 10.3. The number of alkyl halides is 3. The Labute approximate surface area is 182 Å². The number of carbonyl (C=O) groups is 1. The van der Waals surface area contributed by atoms with Gasteiger partial charge in [-0.3, -0.25) is 4.79 Å². The van der Waals surface area contributed by atoms with Crippen molar-refractivity contribution in [2.45, 2.75) is 32.4 Å². The molecule has 0 aromatic carbocycles. The molecular weight excluding hydrogens is 425 g/mol. The minimum atomic E-state index is -4.64. The van der Waals surface area contributed by atoms with Crippen LogP contribution in [0.1, 0.15) is 48.1 Å². The summed E-state index contributed by atoms with van der Waals surface area (Å²) in [6.45, 7) is 5.68. The van der Waals surface area contributed by atoms with Gasteiger partial charge < -0.3 is 19.2 Å². The Bertz CT molecular complexity index is 1120. The molecular formula is C22H23F3N4O3. The Kier molecular flexibility index (Phi) is 6.05. The fourth-order valence-electron chi connectivity index (χ4n) is 3.72. The number of nitrogens with zero attached hydrogens (tertiary/aromatic N) is 3. The second kappa shape index (κ2) is 8.78. The first-order chi connectivity index (χ1) is 15.3. The van der Waals surface area contributed by atoms with Crippen LogP contribution in [0.5, 0.6) is 5.75 Å². The summed E-state index contributed by atoms with van der Waals surface area (Å²) in [6.07, 6.45) is -0.142. The zero-order valence-electron chi connectivity index (χ0n) is 17.6. The minimum absolute atomic E-state index is 0.195. The highest BCUT2D eigenvalue weighted by atomic mass is 19.4.